The van der Waals surface area contributed by atoms with E-state index in [-0.39, 0.29) is 5.54 Å². The number of nitrogens with zero attached hydrogens (tertiary/aromatic N) is 2. The molecule has 1 aliphatic heterocycles. The van der Waals surface area contributed by atoms with Gasteiger partial charge in [0.05, 0.1) is 17.2 Å². The van der Waals surface area contributed by atoms with Gasteiger partial charge in [0.2, 0.25) is 5.90 Å². The molecule has 3 rings (SSSR count). The molecule has 1 heterocycles. The van der Waals surface area contributed by atoms with Crippen molar-refractivity contribution in [2.45, 2.75) is 19.4 Å². The fraction of sp³-hybridized carbons (Fsp3) is 0.222. The molecule has 0 amide bonds. The molecule has 0 saturated carbocycles. The monoisotopic (exact) mass is 276 g/mol. The van der Waals surface area contributed by atoms with Crippen molar-refractivity contribution < 1.29 is 4.74 Å². The Morgan fingerprint density at radius 1 is 1.05 bits per heavy atom. The summed E-state index contributed by atoms with van der Waals surface area (Å²) in [5.74, 6) is 0.695. The Labute approximate surface area is 124 Å². The number of benzene rings is 2. The summed E-state index contributed by atoms with van der Waals surface area (Å²) < 4.78 is 5.64. The molecule has 0 aromatic heterocycles. The minimum Gasteiger partial charge on any atom is -0.475 e. The molecule has 2 aromatic rings. The van der Waals surface area contributed by atoms with E-state index in [0.717, 1.165) is 16.7 Å². The van der Waals surface area contributed by atoms with Crippen LogP contribution in [0.5, 0.6) is 0 Å². The number of hydrogen-bond donors (Lipinski definition) is 0. The van der Waals surface area contributed by atoms with Crippen molar-refractivity contribution >= 4 is 5.90 Å². The first-order chi connectivity index (χ1) is 10.1. The van der Waals surface area contributed by atoms with Crippen molar-refractivity contribution in [2.75, 3.05) is 6.61 Å². The second-order valence-corrected chi connectivity index (χ2v) is 5.75. The van der Waals surface area contributed by atoms with Gasteiger partial charge in [0, 0.05) is 5.56 Å². The standard InChI is InChI=1S/C18H16N2O/c1-18(2)12-21-17(20-18)14-9-7-13(8-10-14)16-6-4-3-5-15(16)11-19/h3-10H,12H2,1-2H3. The number of nitriles is 1. The molecule has 0 fully saturated rings. The largest absolute Gasteiger partial charge is 0.475 e. The van der Waals surface area contributed by atoms with E-state index in [1.165, 1.54) is 0 Å². The van der Waals surface area contributed by atoms with Crippen molar-refractivity contribution in [3.63, 3.8) is 0 Å². The molecule has 21 heavy (non-hydrogen) atoms. The predicted molar refractivity (Wildman–Crippen MR) is 83.2 cm³/mol. The molecule has 3 nitrogen and oxygen atoms in total. The zero-order valence-corrected chi connectivity index (χ0v) is 12.1. The average molecular weight is 276 g/mol. The Hall–Kier alpha value is -2.60. The lowest BCUT2D eigenvalue weighted by Crippen LogP contribution is -2.17. The van der Waals surface area contributed by atoms with Crippen molar-refractivity contribution in [1.82, 2.24) is 0 Å². The molecular weight excluding hydrogens is 260 g/mol. The van der Waals surface area contributed by atoms with Crippen LogP contribution in [0.25, 0.3) is 11.1 Å². The Bertz CT molecular complexity index is 737. The minimum atomic E-state index is -0.151. The van der Waals surface area contributed by atoms with E-state index < -0.39 is 0 Å². The highest BCUT2D eigenvalue weighted by molar-refractivity contribution is 5.96. The van der Waals surface area contributed by atoms with Gasteiger partial charge in [-0.15, -0.1) is 0 Å². The average Bonchev–Trinajstić information content (AvgIpc) is 2.87. The van der Waals surface area contributed by atoms with Crippen LogP contribution in [0.15, 0.2) is 53.5 Å². The summed E-state index contributed by atoms with van der Waals surface area (Å²) in [6.45, 7) is 4.72. The van der Waals surface area contributed by atoms with Gasteiger partial charge in [-0.3, -0.25) is 0 Å². The molecule has 0 spiro atoms. The lowest BCUT2D eigenvalue weighted by Gasteiger charge is -2.07. The lowest BCUT2D eigenvalue weighted by atomic mass is 9.99. The van der Waals surface area contributed by atoms with Gasteiger partial charge in [0.15, 0.2) is 0 Å². The summed E-state index contributed by atoms with van der Waals surface area (Å²) in [6, 6.07) is 17.8. The van der Waals surface area contributed by atoms with Crippen LogP contribution in [-0.2, 0) is 4.74 Å². The molecular formula is C18H16N2O. The van der Waals surface area contributed by atoms with Gasteiger partial charge in [-0.25, -0.2) is 4.99 Å². The maximum Gasteiger partial charge on any atom is 0.216 e. The van der Waals surface area contributed by atoms with Gasteiger partial charge in [0.1, 0.15) is 6.61 Å². The zero-order chi connectivity index (χ0) is 14.9. The van der Waals surface area contributed by atoms with Crippen LogP contribution in [0, 0.1) is 11.3 Å². The molecule has 2 aromatic carbocycles. The highest BCUT2D eigenvalue weighted by Crippen LogP contribution is 2.25. The fourth-order valence-electron chi connectivity index (χ4n) is 2.36. The van der Waals surface area contributed by atoms with Crippen LogP contribution >= 0.6 is 0 Å². The van der Waals surface area contributed by atoms with E-state index >= 15 is 0 Å². The van der Waals surface area contributed by atoms with Crippen LogP contribution in [0.2, 0.25) is 0 Å². The fourth-order valence-corrected chi connectivity index (χ4v) is 2.36. The Balaban J connectivity index is 1.94. The summed E-state index contributed by atoms with van der Waals surface area (Å²) in [6.07, 6.45) is 0. The van der Waals surface area contributed by atoms with E-state index in [9.17, 15) is 5.26 Å². The summed E-state index contributed by atoms with van der Waals surface area (Å²) in [4.78, 5) is 4.57. The first-order valence-corrected chi connectivity index (χ1v) is 6.92. The zero-order valence-electron chi connectivity index (χ0n) is 12.1. The molecule has 1 aliphatic rings. The molecule has 104 valence electrons. The van der Waals surface area contributed by atoms with Gasteiger partial charge in [-0.05, 0) is 43.2 Å². The van der Waals surface area contributed by atoms with E-state index in [2.05, 4.69) is 24.9 Å². The van der Waals surface area contributed by atoms with Crippen molar-refractivity contribution in [2.24, 2.45) is 4.99 Å². The van der Waals surface area contributed by atoms with Crippen molar-refractivity contribution in [1.29, 1.82) is 5.26 Å². The Morgan fingerprint density at radius 3 is 2.33 bits per heavy atom. The number of rotatable bonds is 2. The van der Waals surface area contributed by atoms with Crippen LogP contribution in [0.3, 0.4) is 0 Å². The van der Waals surface area contributed by atoms with E-state index in [1.54, 1.807) is 0 Å². The first kappa shape index (κ1) is 13.4. The molecule has 0 bridgehead atoms. The van der Waals surface area contributed by atoms with E-state index in [4.69, 9.17) is 4.74 Å². The predicted octanol–water partition coefficient (Wildman–Crippen LogP) is 3.78. The Kier molecular flexibility index (Phi) is 3.23. The second-order valence-electron chi connectivity index (χ2n) is 5.75. The van der Waals surface area contributed by atoms with Gasteiger partial charge in [0.25, 0.3) is 0 Å². The van der Waals surface area contributed by atoms with Gasteiger partial charge < -0.3 is 4.74 Å². The molecule has 0 radical (unpaired) electrons. The maximum atomic E-state index is 9.18. The molecule has 3 heteroatoms. The molecule has 0 atom stereocenters. The number of aliphatic imine (C=N–C) groups is 1. The van der Waals surface area contributed by atoms with Crippen molar-refractivity contribution in [3.05, 3.63) is 59.7 Å². The summed E-state index contributed by atoms with van der Waals surface area (Å²) in [5, 5.41) is 9.18. The number of hydrogen-bond acceptors (Lipinski definition) is 3. The summed E-state index contributed by atoms with van der Waals surface area (Å²) >= 11 is 0. The van der Waals surface area contributed by atoms with Crippen LogP contribution in [0.1, 0.15) is 25.0 Å². The molecule has 0 aliphatic carbocycles. The van der Waals surface area contributed by atoms with Gasteiger partial charge in [-0.2, -0.15) is 5.26 Å². The molecule has 0 saturated heterocycles. The highest BCUT2D eigenvalue weighted by Gasteiger charge is 2.26. The van der Waals surface area contributed by atoms with Crippen LogP contribution < -0.4 is 0 Å². The first-order valence-electron chi connectivity index (χ1n) is 6.92. The summed E-state index contributed by atoms with van der Waals surface area (Å²) in [5.41, 5.74) is 3.47. The molecule has 0 N–H and O–H groups in total. The quantitative estimate of drug-likeness (QED) is 0.838. The third kappa shape index (κ3) is 2.66. The lowest BCUT2D eigenvalue weighted by molar-refractivity contribution is 0.279. The van der Waals surface area contributed by atoms with Crippen LogP contribution in [0.4, 0.5) is 0 Å². The third-order valence-electron chi connectivity index (χ3n) is 3.46. The van der Waals surface area contributed by atoms with Gasteiger partial charge >= 0.3 is 0 Å². The van der Waals surface area contributed by atoms with E-state index in [0.29, 0.717) is 18.1 Å². The maximum absolute atomic E-state index is 9.18. The number of ether oxygens (including phenoxy) is 1. The summed E-state index contributed by atoms with van der Waals surface area (Å²) in [7, 11) is 0. The molecule has 0 unspecified atom stereocenters. The minimum absolute atomic E-state index is 0.151. The normalized spacial score (nSPS) is 16.0. The smallest absolute Gasteiger partial charge is 0.216 e. The van der Waals surface area contributed by atoms with E-state index in [1.807, 2.05) is 48.5 Å². The third-order valence-corrected chi connectivity index (χ3v) is 3.46. The van der Waals surface area contributed by atoms with Gasteiger partial charge in [-0.1, -0.05) is 30.3 Å². The van der Waals surface area contributed by atoms with Crippen LogP contribution in [-0.4, -0.2) is 18.0 Å². The SMILES string of the molecule is CC1(C)COC(c2ccc(-c3ccccc3C#N)cc2)=N1. The topological polar surface area (TPSA) is 45.4 Å². The van der Waals surface area contributed by atoms with Crippen molar-refractivity contribution in [3.8, 4) is 17.2 Å². The highest BCUT2D eigenvalue weighted by atomic mass is 16.5. The second kappa shape index (κ2) is 5.06. The Morgan fingerprint density at radius 2 is 1.71 bits per heavy atom.